The second kappa shape index (κ2) is 65.8. The van der Waals surface area contributed by atoms with Crippen molar-refractivity contribution in [2.24, 2.45) is 5.11 Å². The van der Waals surface area contributed by atoms with Gasteiger partial charge in [0.15, 0.2) is 55.5 Å². The summed E-state index contributed by atoms with van der Waals surface area (Å²) >= 11 is 0. The smallest absolute Gasteiger partial charge is 0.303 e. The Labute approximate surface area is 747 Å². The van der Waals surface area contributed by atoms with Crippen molar-refractivity contribution in [2.45, 2.75) is 245 Å². The summed E-state index contributed by atoms with van der Waals surface area (Å²) < 4.78 is 130. The Hall–Kier alpha value is -9.73. The van der Waals surface area contributed by atoms with Crippen molar-refractivity contribution in [3.63, 3.8) is 0 Å². The van der Waals surface area contributed by atoms with Crippen LogP contribution in [0.3, 0.4) is 0 Å². The molecule has 0 aromatic carbocycles. The van der Waals surface area contributed by atoms with E-state index < -0.39 is 206 Å². The Morgan fingerprint density at radius 3 is 0.922 bits per heavy atom. The Kier molecular flexibility index (Phi) is 57.8. The molecule has 0 aromatic heterocycles. The van der Waals surface area contributed by atoms with Crippen LogP contribution < -0.4 is 37.2 Å². The number of amides is 7. The number of carbonyl (C=O) groups is 16. The van der Waals surface area contributed by atoms with Crippen molar-refractivity contribution in [3.8, 4) is 0 Å². The van der Waals surface area contributed by atoms with Crippen LogP contribution in [0.1, 0.15) is 147 Å². The molecule has 15 unspecified atom stereocenters. The summed E-state index contributed by atoms with van der Waals surface area (Å²) in [5, 5.41) is 22.6. The van der Waals surface area contributed by atoms with E-state index in [-0.39, 0.29) is 177 Å². The first-order valence-electron chi connectivity index (χ1n) is 42.3. The maximum Gasteiger partial charge on any atom is 0.303 e. The molecule has 3 aliphatic heterocycles. The molecular formula is C80H130N10O39. The number of azide groups is 1. The molecule has 3 rings (SSSR count). The molecule has 129 heavy (non-hydrogen) atoms. The van der Waals surface area contributed by atoms with Crippen molar-refractivity contribution in [3.05, 3.63) is 10.4 Å². The van der Waals surface area contributed by atoms with Crippen LogP contribution in [0.25, 0.3) is 10.4 Å². The van der Waals surface area contributed by atoms with E-state index in [0.717, 1.165) is 55.4 Å². The van der Waals surface area contributed by atoms with Gasteiger partial charge in [0.1, 0.15) is 61.8 Å². The van der Waals surface area contributed by atoms with Crippen LogP contribution in [-0.4, -0.2) is 364 Å². The Balaban J connectivity index is 1.62. The summed E-state index contributed by atoms with van der Waals surface area (Å²) in [6.45, 7) is 12.4. The quantitative estimate of drug-likeness (QED) is 0.00915. The van der Waals surface area contributed by atoms with Gasteiger partial charge in [-0.3, -0.25) is 76.7 Å². The van der Waals surface area contributed by atoms with Gasteiger partial charge in [0, 0.05) is 153 Å². The molecule has 0 radical (unpaired) electrons. The molecule has 49 nitrogen and oxygen atoms in total. The van der Waals surface area contributed by atoms with Crippen LogP contribution in [0.2, 0.25) is 0 Å². The number of rotatable bonds is 67. The fraction of sp³-hybridized carbons (Fsp3) is 0.800. The van der Waals surface area contributed by atoms with E-state index >= 15 is 0 Å². The Bertz CT molecular complexity index is 3210. The molecule has 0 saturated carbocycles. The SMILES string of the molecule is CC(=O)NC1C(OCCCCCOCCNC(=O)CCOCC(COCCC(=O)NCCOCCOCCOC2OC(COC(C)=O)C(OC(C)=O)C(OC(C)=O)C2NC(C)=O)(COCCC(=O)NCCOCCOCCOC2OC(COC(C)=O)C(OC(C)=O)C(OC(C)=O)C2NC(C)=O)NC(=O)CCCCCN=[N+]=[N-])OC(COC(C)=O)C(OC(C)=O)C1OC(C)=O. The lowest BCUT2D eigenvalue weighted by Crippen LogP contribution is -2.66. The molecule has 3 fully saturated rings. The highest BCUT2D eigenvalue weighted by Crippen LogP contribution is 2.32. The lowest BCUT2D eigenvalue weighted by Gasteiger charge is -2.44. The number of hydrogen-bond donors (Lipinski definition) is 7. The normalized spacial score (nSPS) is 22.1. The van der Waals surface area contributed by atoms with Gasteiger partial charge in [-0.2, -0.15) is 0 Å². The molecule has 7 amide bonds. The van der Waals surface area contributed by atoms with E-state index in [9.17, 15) is 76.7 Å². The van der Waals surface area contributed by atoms with Crippen LogP contribution in [0.5, 0.6) is 0 Å². The third-order valence-corrected chi connectivity index (χ3v) is 18.1. The van der Waals surface area contributed by atoms with Crippen LogP contribution in [0, 0.1) is 0 Å². The molecular weight excluding hydrogens is 1720 g/mol. The Morgan fingerprint density at radius 1 is 0.310 bits per heavy atom. The molecule has 0 bridgehead atoms. The molecule has 0 aliphatic carbocycles. The maximum absolute atomic E-state index is 13.8. The van der Waals surface area contributed by atoms with E-state index in [1.165, 1.54) is 27.7 Å². The second-order valence-corrected chi connectivity index (χ2v) is 29.4. The molecule has 3 aliphatic rings. The average molecular weight is 1860 g/mol. The van der Waals surface area contributed by atoms with Crippen LogP contribution in [0.15, 0.2) is 5.11 Å². The largest absolute Gasteiger partial charge is 0.463 e. The van der Waals surface area contributed by atoms with E-state index in [4.69, 9.17) is 114 Å². The van der Waals surface area contributed by atoms with Gasteiger partial charge in [0.25, 0.3) is 0 Å². The average Bonchev–Trinajstić information content (AvgIpc) is 0.795. The summed E-state index contributed by atoms with van der Waals surface area (Å²) in [6.07, 6.45) is -12.5. The maximum atomic E-state index is 13.8. The second-order valence-electron chi connectivity index (χ2n) is 29.4. The highest BCUT2D eigenvalue weighted by atomic mass is 16.7. The highest BCUT2D eigenvalue weighted by Gasteiger charge is 2.55. The number of ether oxygens (including phenoxy) is 23. The van der Waals surface area contributed by atoms with Crippen molar-refractivity contribution in [2.75, 3.05) is 172 Å². The van der Waals surface area contributed by atoms with E-state index in [1.54, 1.807) is 0 Å². The minimum Gasteiger partial charge on any atom is -0.463 e. The zero-order chi connectivity index (χ0) is 95.5. The van der Waals surface area contributed by atoms with Gasteiger partial charge in [-0.15, -0.1) is 0 Å². The van der Waals surface area contributed by atoms with Gasteiger partial charge >= 0.3 is 53.7 Å². The standard InChI is InChI=1S/C80H130N10O39/c1-49(91)86-68-74(124-58(10)100)71(121-55(7)97)61(43-118-52(4)94)127-77(68)115-28-18-14-17-27-107-32-24-82-64(103)20-29-112-46-80(89-67(106)19-15-13-16-23-85-90-81,47-113-30-21-65(104)83-25-33-108-35-37-110-39-41-116-78-69(87-50(2)92)75(125-59(11)101)72(122-56(8)98)62(128-78)44-119-53(5)95)48-114-31-22-66(105)84-26-34-109-36-38-111-40-42-117-79-70(88-51(3)93)76(126-60(12)102)73(123-57(9)99)63(129-79)45-120-54(6)96/h61-63,68-79H,13-48H2,1-12H3,(H,82,103)(H,83,104)(H,84,105)(H,86,91)(H,87,92)(H,88,93)(H,89,106). The van der Waals surface area contributed by atoms with E-state index in [0.29, 0.717) is 45.1 Å². The monoisotopic (exact) mass is 1850 g/mol. The summed E-state index contributed by atoms with van der Waals surface area (Å²) in [7, 11) is 0. The number of hydrogen-bond acceptors (Lipinski definition) is 40. The molecule has 7 N–H and O–H groups in total. The zero-order valence-corrected chi connectivity index (χ0v) is 75.4. The third kappa shape index (κ3) is 50.9. The predicted octanol–water partition coefficient (Wildman–Crippen LogP) is -1.45. The van der Waals surface area contributed by atoms with Crippen molar-refractivity contribution >= 4 is 95.1 Å². The number of unbranched alkanes of at least 4 members (excludes halogenated alkanes) is 4. The molecule has 0 spiro atoms. The van der Waals surface area contributed by atoms with Gasteiger partial charge in [-0.1, -0.05) is 11.5 Å². The molecule has 3 heterocycles. The number of carbonyl (C=O) groups excluding carboxylic acids is 16. The van der Waals surface area contributed by atoms with Gasteiger partial charge < -0.3 is 146 Å². The topological polar surface area (TPSA) is 618 Å². The first kappa shape index (κ1) is 113. The summed E-state index contributed by atoms with van der Waals surface area (Å²) in [6, 6.07) is -3.48. The van der Waals surface area contributed by atoms with Crippen LogP contribution >= 0.6 is 0 Å². The van der Waals surface area contributed by atoms with Crippen molar-refractivity contribution < 1.29 is 186 Å². The van der Waals surface area contributed by atoms with Gasteiger partial charge in [0.05, 0.1) is 112 Å². The van der Waals surface area contributed by atoms with Gasteiger partial charge in [-0.25, -0.2) is 0 Å². The van der Waals surface area contributed by atoms with Gasteiger partial charge in [-0.05, 0) is 37.6 Å². The summed E-state index contributed by atoms with van der Waals surface area (Å²) in [4.78, 5) is 201. The van der Waals surface area contributed by atoms with Crippen molar-refractivity contribution in [1.82, 2.24) is 37.2 Å². The lowest BCUT2D eigenvalue weighted by atomic mass is 9.96. The Morgan fingerprint density at radius 2 is 0.605 bits per heavy atom. The summed E-state index contributed by atoms with van der Waals surface area (Å²) in [5.41, 5.74) is 7.28. The highest BCUT2D eigenvalue weighted by molar-refractivity contribution is 5.79. The van der Waals surface area contributed by atoms with E-state index in [1.807, 2.05) is 0 Å². The van der Waals surface area contributed by atoms with E-state index in [2.05, 4.69) is 47.2 Å². The third-order valence-electron chi connectivity index (χ3n) is 18.1. The molecule has 3 saturated heterocycles. The molecule has 0 aromatic rings. The van der Waals surface area contributed by atoms with Crippen LogP contribution in [0.4, 0.5) is 0 Å². The minimum absolute atomic E-state index is 0.0103. The van der Waals surface area contributed by atoms with Crippen molar-refractivity contribution in [1.29, 1.82) is 0 Å². The predicted molar refractivity (Wildman–Crippen MR) is 437 cm³/mol. The minimum atomic E-state index is -1.48. The fourth-order valence-electron chi connectivity index (χ4n) is 12.8. The molecule has 734 valence electrons. The fourth-order valence-corrected chi connectivity index (χ4v) is 12.8. The first-order valence-corrected chi connectivity index (χ1v) is 42.3. The number of nitrogens with zero attached hydrogens (tertiary/aromatic N) is 3. The van der Waals surface area contributed by atoms with Crippen LogP contribution in [-0.2, 0) is 186 Å². The number of esters is 9. The summed E-state index contributed by atoms with van der Waals surface area (Å²) in [5.74, 6) is -9.94. The van der Waals surface area contributed by atoms with Gasteiger partial charge in [0.2, 0.25) is 41.4 Å². The zero-order valence-electron chi connectivity index (χ0n) is 75.4. The first-order chi connectivity index (χ1) is 61.5. The lowest BCUT2D eigenvalue weighted by molar-refractivity contribution is -0.279. The molecule has 49 heteroatoms. The molecule has 15 atom stereocenters. The number of nitrogens with one attached hydrogen (secondary N) is 7.